The summed E-state index contributed by atoms with van der Waals surface area (Å²) >= 11 is 0. The highest BCUT2D eigenvalue weighted by Gasteiger charge is 2.34. The molecular weight excluding hydrogens is 234 g/mol. The maximum Gasteiger partial charge on any atom is 0.328 e. The zero-order chi connectivity index (χ0) is 14.0. The fourth-order valence-electron chi connectivity index (χ4n) is 1.50. The summed E-state index contributed by atoms with van der Waals surface area (Å²) in [5.74, 6) is -0.282. The molecule has 0 aromatic carbocycles. The number of hydrogen-bond acceptors (Lipinski definition) is 5. The Morgan fingerprint density at radius 3 is 2.44 bits per heavy atom. The summed E-state index contributed by atoms with van der Waals surface area (Å²) in [5, 5.41) is 3.11. The summed E-state index contributed by atoms with van der Waals surface area (Å²) in [6.45, 7) is 11.9. The van der Waals surface area contributed by atoms with Crippen LogP contribution in [-0.4, -0.2) is 50.6 Å². The van der Waals surface area contributed by atoms with Crippen LogP contribution in [0.5, 0.6) is 0 Å². The molecule has 1 N–H and O–H groups in total. The Morgan fingerprint density at radius 1 is 1.28 bits per heavy atom. The zero-order valence-electron chi connectivity index (χ0n) is 12.2. The molecule has 18 heavy (non-hydrogen) atoms. The number of esters is 1. The predicted octanol–water partition coefficient (Wildman–Crippen LogP) is 1.36. The average Bonchev–Trinajstić information content (AvgIpc) is 2.34. The zero-order valence-corrected chi connectivity index (χ0v) is 12.2. The first kappa shape index (κ1) is 17.4. The van der Waals surface area contributed by atoms with Gasteiger partial charge in [0.15, 0.2) is 0 Å². The van der Waals surface area contributed by atoms with Gasteiger partial charge in [0.25, 0.3) is 0 Å². The SMILES string of the molecule is CCNC(C)(COC(C)COCC)C(=O)OCC. The number of nitrogens with one attached hydrogen (secondary N) is 1. The van der Waals surface area contributed by atoms with Crippen LogP contribution in [0.15, 0.2) is 0 Å². The minimum absolute atomic E-state index is 0.0441. The van der Waals surface area contributed by atoms with Gasteiger partial charge in [0, 0.05) is 6.61 Å². The predicted molar refractivity (Wildman–Crippen MR) is 70.6 cm³/mol. The quantitative estimate of drug-likeness (QED) is 0.602. The molecule has 2 atom stereocenters. The molecule has 108 valence electrons. The second-order valence-corrected chi connectivity index (χ2v) is 4.36. The van der Waals surface area contributed by atoms with E-state index in [4.69, 9.17) is 14.2 Å². The Labute approximate surface area is 110 Å². The van der Waals surface area contributed by atoms with Gasteiger partial charge in [0.05, 0.1) is 25.9 Å². The van der Waals surface area contributed by atoms with Crippen molar-refractivity contribution >= 4 is 5.97 Å². The van der Waals surface area contributed by atoms with Crippen molar-refractivity contribution in [3.8, 4) is 0 Å². The van der Waals surface area contributed by atoms with Crippen LogP contribution in [0.3, 0.4) is 0 Å². The number of carbonyl (C=O) groups excluding carboxylic acids is 1. The summed E-state index contributed by atoms with van der Waals surface area (Å²) < 4.78 is 16.0. The summed E-state index contributed by atoms with van der Waals surface area (Å²) in [6, 6.07) is 0. The lowest BCUT2D eigenvalue weighted by molar-refractivity contribution is -0.154. The van der Waals surface area contributed by atoms with Crippen LogP contribution in [-0.2, 0) is 19.0 Å². The van der Waals surface area contributed by atoms with Gasteiger partial charge in [-0.15, -0.1) is 0 Å². The fourth-order valence-corrected chi connectivity index (χ4v) is 1.50. The summed E-state index contributed by atoms with van der Waals surface area (Å²) in [5.41, 5.74) is -0.800. The first-order chi connectivity index (χ1) is 8.50. The average molecular weight is 261 g/mol. The Morgan fingerprint density at radius 2 is 1.94 bits per heavy atom. The number of carbonyl (C=O) groups is 1. The lowest BCUT2D eigenvalue weighted by Crippen LogP contribution is -2.54. The number of rotatable bonds is 10. The van der Waals surface area contributed by atoms with Gasteiger partial charge in [-0.25, -0.2) is 4.79 Å². The molecule has 0 bridgehead atoms. The highest BCUT2D eigenvalue weighted by atomic mass is 16.5. The van der Waals surface area contributed by atoms with Crippen molar-refractivity contribution in [2.75, 3.05) is 33.0 Å². The first-order valence-electron chi connectivity index (χ1n) is 6.61. The molecule has 0 radical (unpaired) electrons. The molecule has 0 aliphatic rings. The molecule has 0 saturated carbocycles. The van der Waals surface area contributed by atoms with E-state index in [1.165, 1.54) is 0 Å². The van der Waals surface area contributed by atoms with E-state index in [0.29, 0.717) is 26.4 Å². The molecule has 0 aliphatic heterocycles. The Balaban J connectivity index is 4.29. The van der Waals surface area contributed by atoms with Gasteiger partial charge in [-0.05, 0) is 34.2 Å². The highest BCUT2D eigenvalue weighted by Crippen LogP contribution is 2.09. The van der Waals surface area contributed by atoms with E-state index >= 15 is 0 Å². The third-order valence-corrected chi connectivity index (χ3v) is 2.51. The third-order valence-electron chi connectivity index (χ3n) is 2.51. The molecule has 2 unspecified atom stereocenters. The maximum absolute atomic E-state index is 11.9. The van der Waals surface area contributed by atoms with Gasteiger partial charge in [0.1, 0.15) is 5.54 Å². The van der Waals surface area contributed by atoms with Gasteiger partial charge < -0.3 is 19.5 Å². The van der Waals surface area contributed by atoms with Crippen molar-refractivity contribution < 1.29 is 19.0 Å². The van der Waals surface area contributed by atoms with Crippen LogP contribution in [0.25, 0.3) is 0 Å². The molecule has 0 fully saturated rings. The van der Waals surface area contributed by atoms with Crippen molar-refractivity contribution in [2.24, 2.45) is 0 Å². The number of ether oxygens (including phenoxy) is 3. The van der Waals surface area contributed by atoms with E-state index in [0.717, 1.165) is 0 Å². The van der Waals surface area contributed by atoms with E-state index < -0.39 is 5.54 Å². The summed E-state index contributed by atoms with van der Waals surface area (Å²) in [6.07, 6.45) is -0.0441. The lowest BCUT2D eigenvalue weighted by atomic mass is 10.0. The molecule has 5 heteroatoms. The second kappa shape index (κ2) is 9.30. The largest absolute Gasteiger partial charge is 0.465 e. The molecule has 0 heterocycles. The molecule has 0 aromatic heterocycles. The normalized spacial score (nSPS) is 16.1. The van der Waals surface area contributed by atoms with Crippen LogP contribution in [0.2, 0.25) is 0 Å². The van der Waals surface area contributed by atoms with E-state index in [2.05, 4.69) is 5.32 Å². The van der Waals surface area contributed by atoms with Gasteiger partial charge in [-0.1, -0.05) is 6.92 Å². The third kappa shape index (κ3) is 6.33. The monoisotopic (exact) mass is 261 g/mol. The molecular formula is C13H27NO4. The second-order valence-electron chi connectivity index (χ2n) is 4.36. The van der Waals surface area contributed by atoms with Gasteiger partial charge in [0.2, 0.25) is 0 Å². The maximum atomic E-state index is 11.9. The van der Waals surface area contributed by atoms with Crippen molar-refractivity contribution in [1.82, 2.24) is 5.32 Å². The van der Waals surface area contributed by atoms with Crippen molar-refractivity contribution in [3.63, 3.8) is 0 Å². The van der Waals surface area contributed by atoms with Gasteiger partial charge in [-0.2, -0.15) is 0 Å². The molecule has 0 aromatic rings. The number of hydrogen-bond donors (Lipinski definition) is 1. The van der Waals surface area contributed by atoms with Crippen molar-refractivity contribution in [3.05, 3.63) is 0 Å². The smallest absolute Gasteiger partial charge is 0.328 e. The van der Waals surface area contributed by atoms with Crippen molar-refractivity contribution in [2.45, 2.75) is 46.3 Å². The van der Waals surface area contributed by atoms with Crippen molar-refractivity contribution in [1.29, 1.82) is 0 Å². The molecule has 5 nitrogen and oxygen atoms in total. The minimum atomic E-state index is -0.800. The molecule has 0 saturated heterocycles. The molecule has 0 spiro atoms. The Kier molecular flexibility index (Phi) is 8.97. The molecule has 0 rings (SSSR count). The van der Waals surface area contributed by atoms with Crippen LogP contribution in [0, 0.1) is 0 Å². The van der Waals surface area contributed by atoms with E-state index in [-0.39, 0.29) is 18.7 Å². The fraction of sp³-hybridized carbons (Fsp3) is 0.923. The lowest BCUT2D eigenvalue weighted by Gasteiger charge is -2.29. The molecule has 0 aliphatic carbocycles. The van der Waals surface area contributed by atoms with Crippen LogP contribution >= 0.6 is 0 Å². The van der Waals surface area contributed by atoms with Gasteiger partial charge in [-0.3, -0.25) is 0 Å². The van der Waals surface area contributed by atoms with E-state index in [9.17, 15) is 4.79 Å². The number of likely N-dealkylation sites (N-methyl/N-ethyl adjacent to an activating group) is 1. The summed E-state index contributed by atoms with van der Waals surface area (Å²) in [4.78, 5) is 11.9. The van der Waals surface area contributed by atoms with Crippen LogP contribution < -0.4 is 5.32 Å². The van der Waals surface area contributed by atoms with Crippen LogP contribution in [0.1, 0.15) is 34.6 Å². The van der Waals surface area contributed by atoms with E-state index in [1.807, 2.05) is 20.8 Å². The van der Waals surface area contributed by atoms with Crippen LogP contribution in [0.4, 0.5) is 0 Å². The minimum Gasteiger partial charge on any atom is -0.465 e. The van der Waals surface area contributed by atoms with E-state index in [1.54, 1.807) is 13.8 Å². The summed E-state index contributed by atoms with van der Waals surface area (Å²) in [7, 11) is 0. The first-order valence-corrected chi connectivity index (χ1v) is 6.61. The molecule has 0 amide bonds. The van der Waals surface area contributed by atoms with Gasteiger partial charge >= 0.3 is 5.97 Å². The Hall–Kier alpha value is -0.650. The topological polar surface area (TPSA) is 56.8 Å². The highest BCUT2D eigenvalue weighted by molar-refractivity contribution is 5.80. The Bertz CT molecular complexity index is 235. The standard InChI is InChI=1S/C13H27NO4/c1-6-14-13(5,12(15)17-8-3)10-18-11(4)9-16-7-2/h11,14H,6-10H2,1-5H3.